The van der Waals surface area contributed by atoms with E-state index in [1.165, 1.54) is 0 Å². The van der Waals surface area contributed by atoms with Crippen molar-refractivity contribution in [3.05, 3.63) is 24.3 Å². The Bertz CT molecular complexity index is 557. The van der Waals surface area contributed by atoms with Crippen molar-refractivity contribution in [3.8, 4) is 0 Å². The zero-order valence-electron chi connectivity index (χ0n) is 14.8. The summed E-state index contributed by atoms with van der Waals surface area (Å²) in [7, 11) is 3.88. The van der Waals surface area contributed by atoms with Crippen molar-refractivity contribution in [2.45, 2.75) is 32.2 Å². The van der Waals surface area contributed by atoms with Gasteiger partial charge in [-0.1, -0.05) is 0 Å². The third-order valence-electron chi connectivity index (χ3n) is 4.22. The second-order valence-corrected chi connectivity index (χ2v) is 6.74. The Kier molecular flexibility index (Phi) is 6.75. The van der Waals surface area contributed by atoms with Crippen LogP contribution in [0, 0.1) is 5.92 Å². The second kappa shape index (κ2) is 8.80. The number of amides is 2. The SMILES string of the molecule is C[C@H]1C[C@@H](C(=O)Nc2ccc(NC(=O)CCN(C)C)cc2)CCN1. The summed E-state index contributed by atoms with van der Waals surface area (Å²) in [4.78, 5) is 26.1. The van der Waals surface area contributed by atoms with Crippen LogP contribution in [-0.2, 0) is 9.59 Å². The predicted octanol–water partition coefficient (Wildman–Crippen LogP) is 1.90. The number of piperidine rings is 1. The van der Waals surface area contributed by atoms with Gasteiger partial charge in [-0.3, -0.25) is 9.59 Å². The van der Waals surface area contributed by atoms with Gasteiger partial charge in [0.05, 0.1) is 0 Å². The van der Waals surface area contributed by atoms with Gasteiger partial charge in [-0.2, -0.15) is 0 Å². The van der Waals surface area contributed by atoms with Crippen molar-refractivity contribution in [1.29, 1.82) is 0 Å². The average Bonchev–Trinajstić information content (AvgIpc) is 2.55. The lowest BCUT2D eigenvalue weighted by molar-refractivity contribution is -0.121. The van der Waals surface area contributed by atoms with E-state index in [4.69, 9.17) is 0 Å². The Labute approximate surface area is 144 Å². The molecular formula is C18H28N4O2. The molecule has 0 unspecified atom stereocenters. The number of rotatable bonds is 6. The van der Waals surface area contributed by atoms with Crippen molar-refractivity contribution < 1.29 is 9.59 Å². The van der Waals surface area contributed by atoms with E-state index < -0.39 is 0 Å². The van der Waals surface area contributed by atoms with Crippen LogP contribution in [0.4, 0.5) is 11.4 Å². The van der Waals surface area contributed by atoms with Gasteiger partial charge in [-0.25, -0.2) is 0 Å². The molecule has 1 aromatic carbocycles. The molecule has 1 aliphatic rings. The van der Waals surface area contributed by atoms with Crippen LogP contribution in [0.15, 0.2) is 24.3 Å². The topological polar surface area (TPSA) is 73.5 Å². The largest absolute Gasteiger partial charge is 0.326 e. The summed E-state index contributed by atoms with van der Waals surface area (Å²) in [6.45, 7) is 3.71. The minimum atomic E-state index is -0.0100. The fourth-order valence-corrected chi connectivity index (χ4v) is 2.80. The zero-order chi connectivity index (χ0) is 17.5. The number of carbonyl (C=O) groups excluding carboxylic acids is 2. The summed E-state index contributed by atoms with van der Waals surface area (Å²) in [5.41, 5.74) is 1.50. The average molecular weight is 332 g/mol. The molecule has 1 aromatic rings. The number of hydrogen-bond acceptors (Lipinski definition) is 4. The maximum Gasteiger partial charge on any atom is 0.227 e. The van der Waals surface area contributed by atoms with Gasteiger partial charge in [-0.05, 0) is 64.7 Å². The van der Waals surface area contributed by atoms with E-state index in [2.05, 4.69) is 22.9 Å². The summed E-state index contributed by atoms with van der Waals surface area (Å²) < 4.78 is 0. The van der Waals surface area contributed by atoms with Crippen LogP contribution >= 0.6 is 0 Å². The van der Waals surface area contributed by atoms with E-state index in [-0.39, 0.29) is 17.7 Å². The molecule has 6 nitrogen and oxygen atoms in total. The van der Waals surface area contributed by atoms with Crippen LogP contribution in [0.1, 0.15) is 26.2 Å². The summed E-state index contributed by atoms with van der Waals surface area (Å²) in [6.07, 6.45) is 2.20. The van der Waals surface area contributed by atoms with E-state index in [0.29, 0.717) is 19.0 Å². The van der Waals surface area contributed by atoms with Gasteiger partial charge < -0.3 is 20.9 Å². The highest BCUT2D eigenvalue weighted by molar-refractivity contribution is 5.94. The summed E-state index contributed by atoms with van der Waals surface area (Å²) in [5, 5.41) is 9.18. The fourth-order valence-electron chi connectivity index (χ4n) is 2.80. The highest BCUT2D eigenvalue weighted by Crippen LogP contribution is 2.20. The molecule has 1 fully saturated rings. The molecule has 132 valence electrons. The lowest BCUT2D eigenvalue weighted by Gasteiger charge is -2.27. The van der Waals surface area contributed by atoms with Crippen molar-refractivity contribution in [2.75, 3.05) is 37.8 Å². The third-order valence-corrected chi connectivity index (χ3v) is 4.22. The second-order valence-electron chi connectivity index (χ2n) is 6.74. The maximum atomic E-state index is 12.3. The summed E-state index contributed by atoms with van der Waals surface area (Å²) in [6, 6.07) is 7.66. The molecule has 0 bridgehead atoms. The highest BCUT2D eigenvalue weighted by Gasteiger charge is 2.24. The first-order chi connectivity index (χ1) is 11.4. The fraction of sp³-hybridized carbons (Fsp3) is 0.556. The minimum absolute atomic E-state index is 0.0100. The molecule has 0 radical (unpaired) electrons. The standard InChI is InChI=1S/C18H28N4O2/c1-13-12-14(8-10-19-13)18(24)21-16-6-4-15(5-7-16)20-17(23)9-11-22(2)3/h4-7,13-14,19H,8-12H2,1-3H3,(H,20,23)(H,21,24)/t13-,14-/m0/s1. The number of nitrogens with one attached hydrogen (secondary N) is 3. The Hall–Kier alpha value is -1.92. The summed E-state index contributed by atoms with van der Waals surface area (Å²) >= 11 is 0. The summed E-state index contributed by atoms with van der Waals surface area (Å²) in [5.74, 6) is 0.127. The molecule has 0 saturated carbocycles. The molecule has 1 aliphatic heterocycles. The molecule has 2 atom stereocenters. The van der Waals surface area contributed by atoms with Crippen molar-refractivity contribution in [1.82, 2.24) is 10.2 Å². The first kappa shape index (κ1) is 18.4. The molecule has 1 heterocycles. The molecule has 0 aliphatic carbocycles. The number of carbonyl (C=O) groups is 2. The lowest BCUT2D eigenvalue weighted by Crippen LogP contribution is -2.40. The van der Waals surface area contributed by atoms with Crippen LogP contribution in [0.25, 0.3) is 0 Å². The van der Waals surface area contributed by atoms with Crippen molar-refractivity contribution >= 4 is 23.2 Å². The van der Waals surface area contributed by atoms with Crippen LogP contribution in [0.2, 0.25) is 0 Å². The Balaban J connectivity index is 1.83. The predicted molar refractivity (Wildman–Crippen MR) is 97.1 cm³/mol. The number of nitrogens with zero attached hydrogens (tertiary/aromatic N) is 1. The van der Waals surface area contributed by atoms with Gasteiger partial charge in [0, 0.05) is 36.3 Å². The van der Waals surface area contributed by atoms with Gasteiger partial charge in [0.2, 0.25) is 11.8 Å². The van der Waals surface area contributed by atoms with E-state index in [1.54, 1.807) is 0 Å². The first-order valence-corrected chi connectivity index (χ1v) is 8.53. The Morgan fingerprint density at radius 3 is 2.38 bits per heavy atom. The highest BCUT2D eigenvalue weighted by atomic mass is 16.2. The molecule has 3 N–H and O–H groups in total. The van der Waals surface area contributed by atoms with Crippen LogP contribution in [0.5, 0.6) is 0 Å². The van der Waals surface area contributed by atoms with Crippen LogP contribution in [0.3, 0.4) is 0 Å². The number of hydrogen-bond donors (Lipinski definition) is 3. The van der Waals surface area contributed by atoms with E-state index in [1.807, 2.05) is 43.3 Å². The molecule has 0 spiro atoms. The smallest absolute Gasteiger partial charge is 0.227 e. The quantitative estimate of drug-likeness (QED) is 0.744. The third kappa shape index (κ3) is 5.94. The molecule has 1 saturated heterocycles. The van der Waals surface area contributed by atoms with Gasteiger partial charge >= 0.3 is 0 Å². The van der Waals surface area contributed by atoms with Gasteiger partial charge in [-0.15, -0.1) is 0 Å². The Morgan fingerprint density at radius 2 is 1.79 bits per heavy atom. The number of anilines is 2. The minimum Gasteiger partial charge on any atom is -0.326 e. The van der Waals surface area contributed by atoms with E-state index >= 15 is 0 Å². The number of benzene rings is 1. The molecule has 2 rings (SSSR count). The zero-order valence-corrected chi connectivity index (χ0v) is 14.8. The normalized spacial score (nSPS) is 20.7. The molecule has 2 amide bonds. The van der Waals surface area contributed by atoms with Crippen LogP contribution < -0.4 is 16.0 Å². The molecule has 0 aromatic heterocycles. The molecular weight excluding hydrogens is 304 g/mol. The van der Waals surface area contributed by atoms with Gasteiger partial charge in [0.15, 0.2) is 0 Å². The van der Waals surface area contributed by atoms with Gasteiger partial charge in [0.1, 0.15) is 0 Å². The van der Waals surface area contributed by atoms with E-state index in [0.717, 1.165) is 30.8 Å². The van der Waals surface area contributed by atoms with Crippen molar-refractivity contribution in [3.63, 3.8) is 0 Å². The molecule has 24 heavy (non-hydrogen) atoms. The monoisotopic (exact) mass is 332 g/mol. The van der Waals surface area contributed by atoms with Crippen LogP contribution in [-0.4, -0.2) is 49.9 Å². The first-order valence-electron chi connectivity index (χ1n) is 8.53. The lowest BCUT2D eigenvalue weighted by atomic mass is 9.92. The van der Waals surface area contributed by atoms with Gasteiger partial charge in [0.25, 0.3) is 0 Å². The maximum absolute atomic E-state index is 12.3. The Morgan fingerprint density at radius 1 is 1.17 bits per heavy atom. The van der Waals surface area contributed by atoms with Crippen molar-refractivity contribution in [2.24, 2.45) is 5.92 Å². The van der Waals surface area contributed by atoms with E-state index in [9.17, 15) is 9.59 Å². The molecule has 6 heteroatoms.